The Bertz CT molecular complexity index is 873. The molecule has 1 N–H and O–H groups in total. The van der Waals surface area contributed by atoms with Gasteiger partial charge in [0.05, 0.1) is 12.8 Å². The second kappa shape index (κ2) is 10.4. The van der Waals surface area contributed by atoms with Crippen molar-refractivity contribution in [2.24, 2.45) is 0 Å². The number of benzene rings is 1. The first-order chi connectivity index (χ1) is 15.2. The normalized spacial score (nSPS) is 17.8. The number of likely N-dealkylation sites (tertiary alicyclic amines) is 1. The zero-order valence-electron chi connectivity index (χ0n) is 18.6. The summed E-state index contributed by atoms with van der Waals surface area (Å²) in [7, 11) is 1.67. The van der Waals surface area contributed by atoms with E-state index in [1.54, 1.807) is 7.11 Å². The van der Waals surface area contributed by atoms with Gasteiger partial charge in [0.1, 0.15) is 5.75 Å². The van der Waals surface area contributed by atoms with Gasteiger partial charge >= 0.3 is 6.03 Å². The van der Waals surface area contributed by atoms with Crippen molar-refractivity contribution in [3.05, 3.63) is 29.1 Å². The molecule has 168 valence electrons. The van der Waals surface area contributed by atoms with Gasteiger partial charge in [-0.1, -0.05) is 13.0 Å². The van der Waals surface area contributed by atoms with Gasteiger partial charge in [0, 0.05) is 50.2 Å². The van der Waals surface area contributed by atoms with Crippen LogP contribution < -0.4 is 10.1 Å². The largest absolute Gasteiger partial charge is 0.496 e. The lowest BCUT2D eigenvalue weighted by atomic mass is 10.1. The predicted octanol–water partition coefficient (Wildman–Crippen LogP) is 3.63. The molecule has 0 atom stereocenters. The third-order valence-electron chi connectivity index (χ3n) is 6.26. The number of hydrogen-bond donors (Lipinski definition) is 1. The zero-order valence-corrected chi connectivity index (χ0v) is 19.4. The second-order valence-electron chi connectivity index (χ2n) is 8.23. The molecular formula is C23H33N5O2S. The summed E-state index contributed by atoms with van der Waals surface area (Å²) in [5, 5.41) is 5.59. The molecule has 2 saturated heterocycles. The van der Waals surface area contributed by atoms with E-state index in [0.29, 0.717) is 5.13 Å². The highest BCUT2D eigenvalue weighted by atomic mass is 32.1. The quantitative estimate of drug-likeness (QED) is 0.708. The smallest absolute Gasteiger partial charge is 0.323 e. The van der Waals surface area contributed by atoms with Gasteiger partial charge in [0.25, 0.3) is 0 Å². The van der Waals surface area contributed by atoms with Crippen LogP contribution in [-0.2, 0) is 6.42 Å². The Balaban J connectivity index is 1.29. The predicted molar refractivity (Wildman–Crippen MR) is 126 cm³/mol. The Morgan fingerprint density at radius 2 is 1.81 bits per heavy atom. The number of hydrogen-bond acceptors (Lipinski definition) is 6. The van der Waals surface area contributed by atoms with Gasteiger partial charge in [-0.05, 0) is 50.0 Å². The highest BCUT2D eigenvalue weighted by molar-refractivity contribution is 7.14. The Labute approximate surface area is 189 Å². The van der Waals surface area contributed by atoms with Crippen LogP contribution in [0.25, 0.3) is 11.3 Å². The summed E-state index contributed by atoms with van der Waals surface area (Å²) in [6, 6.07) is 6.10. The SMILES string of the molecule is CCc1ccc(OC)c(-c2csc(NC(=O)N3CCN(CCN4CCCC4)CC3)n2)c1. The first-order valence-electron chi connectivity index (χ1n) is 11.3. The van der Waals surface area contributed by atoms with Gasteiger partial charge in [-0.3, -0.25) is 10.2 Å². The molecule has 0 aliphatic carbocycles. The third-order valence-corrected chi connectivity index (χ3v) is 7.01. The third kappa shape index (κ3) is 5.56. The van der Waals surface area contributed by atoms with Crippen molar-refractivity contribution < 1.29 is 9.53 Å². The van der Waals surface area contributed by atoms with Crippen LogP contribution in [-0.4, -0.2) is 85.2 Å². The van der Waals surface area contributed by atoms with Crippen LogP contribution in [0.5, 0.6) is 5.75 Å². The Kier molecular flexibility index (Phi) is 7.42. The lowest BCUT2D eigenvalue weighted by Crippen LogP contribution is -2.51. The summed E-state index contributed by atoms with van der Waals surface area (Å²) in [4.78, 5) is 24.3. The highest BCUT2D eigenvalue weighted by Crippen LogP contribution is 2.33. The first-order valence-corrected chi connectivity index (χ1v) is 12.2. The number of amides is 2. The van der Waals surface area contributed by atoms with Crippen LogP contribution in [0.15, 0.2) is 23.6 Å². The number of carbonyl (C=O) groups excluding carboxylic acids is 1. The van der Waals surface area contributed by atoms with E-state index < -0.39 is 0 Å². The molecule has 0 bridgehead atoms. The minimum atomic E-state index is -0.0608. The average Bonchev–Trinajstić information content (AvgIpc) is 3.50. The number of urea groups is 1. The molecule has 2 amide bonds. The van der Waals surface area contributed by atoms with Crippen molar-refractivity contribution in [1.29, 1.82) is 0 Å². The van der Waals surface area contributed by atoms with Crippen molar-refractivity contribution in [3.8, 4) is 17.0 Å². The van der Waals surface area contributed by atoms with Crippen molar-refractivity contribution in [1.82, 2.24) is 19.7 Å². The molecule has 0 unspecified atom stereocenters. The number of piperazine rings is 1. The summed E-state index contributed by atoms with van der Waals surface area (Å²) in [5.41, 5.74) is 3.03. The molecule has 8 heteroatoms. The van der Waals surface area contributed by atoms with E-state index in [1.165, 1.54) is 42.8 Å². The van der Waals surface area contributed by atoms with E-state index in [4.69, 9.17) is 4.74 Å². The van der Waals surface area contributed by atoms with E-state index in [2.05, 4.69) is 39.2 Å². The topological polar surface area (TPSA) is 60.9 Å². The maximum absolute atomic E-state index is 12.7. The van der Waals surface area contributed by atoms with Crippen molar-refractivity contribution >= 4 is 22.5 Å². The highest BCUT2D eigenvalue weighted by Gasteiger charge is 2.23. The molecule has 2 aliphatic heterocycles. The van der Waals surface area contributed by atoms with E-state index in [9.17, 15) is 4.79 Å². The van der Waals surface area contributed by atoms with Gasteiger partial charge in [0.2, 0.25) is 0 Å². The van der Waals surface area contributed by atoms with Gasteiger partial charge in [-0.15, -0.1) is 11.3 Å². The summed E-state index contributed by atoms with van der Waals surface area (Å²) in [5.74, 6) is 0.797. The molecule has 0 spiro atoms. The average molecular weight is 444 g/mol. The van der Waals surface area contributed by atoms with Gasteiger partial charge < -0.3 is 14.5 Å². The first kappa shape index (κ1) is 22.0. The van der Waals surface area contributed by atoms with Crippen LogP contribution in [0.3, 0.4) is 0 Å². The number of ether oxygens (including phenoxy) is 1. The summed E-state index contributed by atoms with van der Waals surface area (Å²) in [6.07, 6.45) is 3.63. The maximum atomic E-state index is 12.7. The molecule has 0 radical (unpaired) electrons. The maximum Gasteiger partial charge on any atom is 0.323 e. The fourth-order valence-corrected chi connectivity index (χ4v) is 4.96. The molecule has 1 aromatic carbocycles. The van der Waals surface area contributed by atoms with Gasteiger partial charge in [0.15, 0.2) is 5.13 Å². The molecule has 2 fully saturated rings. The van der Waals surface area contributed by atoms with Crippen LogP contribution >= 0.6 is 11.3 Å². The molecule has 2 aromatic rings. The second-order valence-corrected chi connectivity index (χ2v) is 9.09. The number of nitrogens with one attached hydrogen (secondary N) is 1. The summed E-state index contributed by atoms with van der Waals surface area (Å²) < 4.78 is 5.51. The number of aromatic nitrogens is 1. The molecule has 31 heavy (non-hydrogen) atoms. The molecule has 7 nitrogen and oxygen atoms in total. The van der Waals surface area contributed by atoms with Crippen LogP contribution in [0.2, 0.25) is 0 Å². The van der Waals surface area contributed by atoms with Gasteiger partial charge in [-0.2, -0.15) is 0 Å². The number of carbonyl (C=O) groups is 1. The molecular weight excluding hydrogens is 410 g/mol. The fraction of sp³-hybridized carbons (Fsp3) is 0.565. The van der Waals surface area contributed by atoms with Crippen molar-refractivity contribution in [2.75, 3.05) is 64.8 Å². The molecule has 0 saturated carbocycles. The minimum absolute atomic E-state index is 0.0608. The van der Waals surface area contributed by atoms with E-state index in [-0.39, 0.29) is 6.03 Å². The summed E-state index contributed by atoms with van der Waals surface area (Å²) >= 11 is 1.45. The number of anilines is 1. The zero-order chi connectivity index (χ0) is 21.6. The van der Waals surface area contributed by atoms with Crippen LogP contribution in [0, 0.1) is 0 Å². The van der Waals surface area contributed by atoms with Crippen LogP contribution in [0.1, 0.15) is 25.3 Å². The van der Waals surface area contributed by atoms with Crippen molar-refractivity contribution in [2.45, 2.75) is 26.2 Å². The Morgan fingerprint density at radius 3 is 2.48 bits per heavy atom. The number of thiazole rings is 1. The number of aryl methyl sites for hydroxylation is 1. The Morgan fingerprint density at radius 1 is 1.10 bits per heavy atom. The summed E-state index contributed by atoms with van der Waals surface area (Å²) in [6.45, 7) is 10.3. The lowest BCUT2D eigenvalue weighted by Gasteiger charge is -2.35. The fourth-order valence-electron chi connectivity index (χ4n) is 4.26. The monoisotopic (exact) mass is 443 g/mol. The lowest BCUT2D eigenvalue weighted by molar-refractivity contribution is 0.137. The van der Waals surface area contributed by atoms with E-state index in [0.717, 1.165) is 62.7 Å². The number of nitrogens with zero attached hydrogens (tertiary/aromatic N) is 4. The standard InChI is InChI=1S/C23H33N5O2S/c1-3-18-6-7-21(30-2)19(16-18)20-17-31-22(24-20)25-23(29)28-14-12-27(13-15-28)11-10-26-8-4-5-9-26/h6-7,16-17H,3-5,8-15H2,1-2H3,(H,24,25,29). The molecule has 4 rings (SSSR count). The van der Waals surface area contributed by atoms with Gasteiger partial charge in [-0.25, -0.2) is 9.78 Å². The van der Waals surface area contributed by atoms with Crippen molar-refractivity contribution in [3.63, 3.8) is 0 Å². The van der Waals surface area contributed by atoms with Crippen LogP contribution in [0.4, 0.5) is 9.93 Å². The van der Waals surface area contributed by atoms with E-state index >= 15 is 0 Å². The molecule has 3 heterocycles. The molecule has 2 aliphatic rings. The number of methoxy groups -OCH3 is 1. The Hall–Kier alpha value is -2.16. The minimum Gasteiger partial charge on any atom is -0.496 e. The molecule has 1 aromatic heterocycles. The van der Waals surface area contributed by atoms with E-state index in [1.807, 2.05) is 16.3 Å². The number of rotatable bonds is 7.